The van der Waals surface area contributed by atoms with Gasteiger partial charge in [0.15, 0.2) is 5.78 Å². The van der Waals surface area contributed by atoms with Crippen LogP contribution in [0.15, 0.2) is 42.6 Å². The Morgan fingerprint density at radius 2 is 1.77 bits per heavy atom. The molecule has 1 fully saturated rings. The van der Waals surface area contributed by atoms with Crippen molar-refractivity contribution < 1.29 is 19.1 Å². The normalized spacial score (nSPS) is 16.2. The SMILES string of the molecule is COC(=O)C1(c2ccccc2)CCN(C(=O)c2cc(C(C)=O)c[nH]2)CC1. The maximum absolute atomic E-state index is 12.7. The van der Waals surface area contributed by atoms with Gasteiger partial charge in [0.1, 0.15) is 5.69 Å². The van der Waals surface area contributed by atoms with Crippen LogP contribution >= 0.6 is 0 Å². The Hall–Kier alpha value is -2.89. The van der Waals surface area contributed by atoms with Crippen molar-refractivity contribution in [3.8, 4) is 0 Å². The fraction of sp³-hybridized carbons (Fsp3) is 0.350. The lowest BCUT2D eigenvalue weighted by Crippen LogP contribution is -2.49. The lowest BCUT2D eigenvalue weighted by molar-refractivity contribution is -0.149. The minimum absolute atomic E-state index is 0.0901. The molecule has 1 amide bonds. The van der Waals surface area contributed by atoms with Gasteiger partial charge in [-0.25, -0.2) is 0 Å². The molecular weight excluding hydrogens is 332 g/mol. The Morgan fingerprint density at radius 1 is 1.12 bits per heavy atom. The number of nitrogens with zero attached hydrogens (tertiary/aromatic N) is 1. The Morgan fingerprint density at radius 3 is 2.31 bits per heavy atom. The second-order valence-electron chi connectivity index (χ2n) is 6.59. The molecule has 1 aliphatic rings. The van der Waals surface area contributed by atoms with Crippen molar-refractivity contribution in [2.75, 3.05) is 20.2 Å². The molecule has 1 aliphatic heterocycles. The number of rotatable bonds is 4. The topological polar surface area (TPSA) is 79.5 Å². The summed E-state index contributed by atoms with van der Waals surface area (Å²) in [5.41, 5.74) is 1.06. The molecule has 3 rings (SSSR count). The van der Waals surface area contributed by atoms with Crippen molar-refractivity contribution in [1.29, 1.82) is 0 Å². The lowest BCUT2D eigenvalue weighted by Gasteiger charge is -2.39. The van der Waals surface area contributed by atoms with E-state index in [4.69, 9.17) is 4.74 Å². The molecule has 136 valence electrons. The number of likely N-dealkylation sites (tertiary alicyclic amines) is 1. The van der Waals surface area contributed by atoms with Crippen LogP contribution in [0, 0.1) is 0 Å². The Kier molecular flexibility index (Phi) is 4.93. The molecule has 0 aliphatic carbocycles. The predicted octanol–water partition coefficient (Wildman–Crippen LogP) is 2.56. The Bertz CT molecular complexity index is 817. The van der Waals surface area contributed by atoms with E-state index in [1.807, 2.05) is 30.3 Å². The smallest absolute Gasteiger partial charge is 0.316 e. The maximum Gasteiger partial charge on any atom is 0.316 e. The molecule has 0 bridgehead atoms. The molecule has 6 heteroatoms. The molecule has 2 aromatic rings. The fourth-order valence-electron chi connectivity index (χ4n) is 3.55. The van der Waals surface area contributed by atoms with Crippen molar-refractivity contribution >= 4 is 17.7 Å². The maximum atomic E-state index is 12.7. The number of piperidine rings is 1. The molecule has 0 unspecified atom stereocenters. The van der Waals surface area contributed by atoms with Crippen LogP contribution in [0.4, 0.5) is 0 Å². The van der Waals surface area contributed by atoms with Gasteiger partial charge in [-0.2, -0.15) is 0 Å². The summed E-state index contributed by atoms with van der Waals surface area (Å²) < 4.78 is 5.07. The number of hydrogen-bond donors (Lipinski definition) is 1. The summed E-state index contributed by atoms with van der Waals surface area (Å²) in [7, 11) is 1.40. The number of aromatic amines is 1. The molecule has 0 radical (unpaired) electrons. The van der Waals surface area contributed by atoms with E-state index in [2.05, 4.69) is 4.98 Å². The van der Waals surface area contributed by atoms with Crippen molar-refractivity contribution in [3.63, 3.8) is 0 Å². The van der Waals surface area contributed by atoms with Crippen LogP contribution in [0.1, 0.15) is 46.2 Å². The molecule has 0 saturated carbocycles. The van der Waals surface area contributed by atoms with E-state index < -0.39 is 5.41 Å². The van der Waals surface area contributed by atoms with Crippen molar-refractivity contribution in [1.82, 2.24) is 9.88 Å². The van der Waals surface area contributed by atoms with Gasteiger partial charge in [0.2, 0.25) is 0 Å². The minimum atomic E-state index is -0.729. The molecule has 6 nitrogen and oxygen atoms in total. The summed E-state index contributed by atoms with van der Waals surface area (Å²) in [4.78, 5) is 41.2. The number of carbonyl (C=O) groups is 3. The first-order valence-corrected chi connectivity index (χ1v) is 8.60. The molecule has 0 spiro atoms. The minimum Gasteiger partial charge on any atom is -0.468 e. The van der Waals surface area contributed by atoms with E-state index in [0.29, 0.717) is 37.2 Å². The highest BCUT2D eigenvalue weighted by atomic mass is 16.5. The summed E-state index contributed by atoms with van der Waals surface area (Å²) >= 11 is 0. The third-order valence-electron chi connectivity index (χ3n) is 5.13. The van der Waals surface area contributed by atoms with Gasteiger partial charge in [0, 0.05) is 24.8 Å². The van der Waals surface area contributed by atoms with Crippen LogP contribution in [0.25, 0.3) is 0 Å². The van der Waals surface area contributed by atoms with E-state index in [9.17, 15) is 14.4 Å². The fourth-order valence-corrected chi connectivity index (χ4v) is 3.55. The highest BCUT2D eigenvalue weighted by molar-refractivity contribution is 5.99. The lowest BCUT2D eigenvalue weighted by atomic mass is 9.72. The number of aromatic nitrogens is 1. The van der Waals surface area contributed by atoms with Gasteiger partial charge in [0.05, 0.1) is 12.5 Å². The van der Waals surface area contributed by atoms with E-state index in [1.54, 1.807) is 17.2 Å². The Balaban J connectivity index is 1.78. The van der Waals surface area contributed by atoms with Crippen LogP contribution in [0.3, 0.4) is 0 Å². The zero-order valence-electron chi connectivity index (χ0n) is 15.0. The van der Waals surface area contributed by atoms with E-state index >= 15 is 0 Å². The molecule has 1 aromatic carbocycles. The van der Waals surface area contributed by atoms with Crippen LogP contribution in [0.5, 0.6) is 0 Å². The summed E-state index contributed by atoms with van der Waals surface area (Å²) in [6, 6.07) is 11.1. The van der Waals surface area contributed by atoms with Gasteiger partial charge < -0.3 is 14.6 Å². The highest BCUT2D eigenvalue weighted by Gasteiger charge is 2.44. The number of methoxy groups -OCH3 is 1. The first kappa shape index (κ1) is 17.9. The van der Waals surface area contributed by atoms with Crippen LogP contribution < -0.4 is 0 Å². The molecule has 1 aromatic heterocycles. The number of H-pyrrole nitrogens is 1. The standard InChI is InChI=1S/C20H22N2O4/c1-14(23)15-12-17(21-13-15)18(24)22-10-8-20(9-11-22,19(25)26-2)16-6-4-3-5-7-16/h3-7,12-13,21H,8-11H2,1-2H3. The van der Waals surface area contributed by atoms with Gasteiger partial charge in [0.25, 0.3) is 5.91 Å². The first-order chi connectivity index (χ1) is 12.5. The van der Waals surface area contributed by atoms with Gasteiger partial charge in [-0.15, -0.1) is 0 Å². The largest absolute Gasteiger partial charge is 0.468 e. The number of ketones is 1. The summed E-state index contributed by atoms with van der Waals surface area (Å²) in [6.45, 7) is 2.34. The van der Waals surface area contributed by atoms with E-state index in [0.717, 1.165) is 5.56 Å². The average Bonchev–Trinajstić information content (AvgIpc) is 3.18. The van der Waals surface area contributed by atoms with Crippen LogP contribution in [-0.2, 0) is 14.9 Å². The summed E-state index contributed by atoms with van der Waals surface area (Å²) in [5, 5.41) is 0. The number of benzene rings is 1. The van der Waals surface area contributed by atoms with Gasteiger partial charge in [-0.05, 0) is 31.4 Å². The molecule has 2 heterocycles. The third-order valence-corrected chi connectivity index (χ3v) is 5.13. The van der Waals surface area contributed by atoms with Crippen LogP contribution in [0.2, 0.25) is 0 Å². The number of carbonyl (C=O) groups excluding carboxylic acids is 3. The molecule has 26 heavy (non-hydrogen) atoms. The summed E-state index contributed by atoms with van der Waals surface area (Å²) in [6.07, 6.45) is 2.54. The van der Waals surface area contributed by atoms with Gasteiger partial charge in [-0.3, -0.25) is 14.4 Å². The van der Waals surface area contributed by atoms with Crippen molar-refractivity contribution in [2.45, 2.75) is 25.2 Å². The van der Waals surface area contributed by atoms with Gasteiger partial charge >= 0.3 is 5.97 Å². The number of esters is 1. The Labute approximate surface area is 152 Å². The molecule has 0 atom stereocenters. The zero-order chi connectivity index (χ0) is 18.7. The predicted molar refractivity (Wildman–Crippen MR) is 96.1 cm³/mol. The molecule has 1 N–H and O–H groups in total. The average molecular weight is 354 g/mol. The van der Waals surface area contributed by atoms with Crippen molar-refractivity contribution in [3.05, 3.63) is 59.4 Å². The quantitative estimate of drug-likeness (QED) is 0.676. The zero-order valence-corrected chi connectivity index (χ0v) is 15.0. The number of Topliss-reactive ketones (excluding diaryl/α,β-unsaturated/α-hetero) is 1. The van der Waals surface area contributed by atoms with Crippen LogP contribution in [-0.4, -0.2) is 47.7 Å². The number of amides is 1. The number of nitrogens with one attached hydrogen (secondary N) is 1. The van der Waals surface area contributed by atoms with E-state index in [-0.39, 0.29) is 17.7 Å². The second-order valence-corrected chi connectivity index (χ2v) is 6.59. The molecular formula is C20H22N2O4. The van der Waals surface area contributed by atoms with E-state index in [1.165, 1.54) is 14.0 Å². The second kappa shape index (κ2) is 7.15. The molecule has 1 saturated heterocycles. The summed E-state index contributed by atoms with van der Waals surface area (Å²) in [5.74, 6) is -0.522. The third kappa shape index (κ3) is 3.14. The van der Waals surface area contributed by atoms with Gasteiger partial charge in [-0.1, -0.05) is 30.3 Å². The monoisotopic (exact) mass is 354 g/mol. The van der Waals surface area contributed by atoms with Crippen molar-refractivity contribution in [2.24, 2.45) is 0 Å². The first-order valence-electron chi connectivity index (χ1n) is 8.60. The number of ether oxygens (including phenoxy) is 1. The highest BCUT2D eigenvalue weighted by Crippen LogP contribution is 2.37. The number of hydrogen-bond acceptors (Lipinski definition) is 4.